The smallest absolute Gasteiger partial charge is 0.317 e. The maximum atomic E-state index is 12.5. The van der Waals surface area contributed by atoms with Crippen LogP contribution in [0.3, 0.4) is 0 Å². The molecule has 2 fully saturated rings. The number of rotatable bonds is 3. The Hall–Kier alpha value is -1.14. The van der Waals surface area contributed by atoms with Crippen molar-refractivity contribution in [1.29, 1.82) is 0 Å². The minimum Gasteiger partial charge on any atom is -0.333 e. The second kappa shape index (κ2) is 6.54. The standard InChI is InChI=1S/C16H26N4OS/c1-11(2)20-13-4-5-14(20)10-19(7-6-13)16(21)18-9-15-8-17-12(3)22-15/h8,11,13-14H,4-7,9-10H2,1-3H3,(H,18,21)/t13-,14+/m1/s1. The molecule has 0 spiro atoms. The van der Waals surface area contributed by atoms with Crippen LogP contribution in [0.15, 0.2) is 6.20 Å². The van der Waals surface area contributed by atoms with E-state index in [1.807, 2.05) is 18.0 Å². The molecule has 2 bridgehead atoms. The molecule has 5 nitrogen and oxygen atoms in total. The molecule has 6 heteroatoms. The molecule has 122 valence electrons. The molecule has 0 saturated carbocycles. The van der Waals surface area contributed by atoms with Gasteiger partial charge in [-0.05, 0) is 40.0 Å². The topological polar surface area (TPSA) is 48.5 Å². The summed E-state index contributed by atoms with van der Waals surface area (Å²) in [4.78, 5) is 22.4. The number of aryl methyl sites for hydroxylation is 1. The van der Waals surface area contributed by atoms with Crippen molar-refractivity contribution >= 4 is 17.4 Å². The van der Waals surface area contributed by atoms with Crippen LogP contribution in [0.4, 0.5) is 4.79 Å². The van der Waals surface area contributed by atoms with Crippen molar-refractivity contribution in [3.63, 3.8) is 0 Å². The Labute approximate surface area is 136 Å². The summed E-state index contributed by atoms with van der Waals surface area (Å²) in [6, 6.07) is 1.83. The Morgan fingerprint density at radius 3 is 2.86 bits per heavy atom. The highest BCUT2D eigenvalue weighted by Gasteiger charge is 2.39. The summed E-state index contributed by atoms with van der Waals surface area (Å²) in [6.07, 6.45) is 5.46. The fourth-order valence-corrected chi connectivity index (χ4v) is 4.63. The second-order valence-electron chi connectivity index (χ2n) is 6.66. The summed E-state index contributed by atoms with van der Waals surface area (Å²) in [5.41, 5.74) is 0. The van der Waals surface area contributed by atoms with Gasteiger partial charge in [0.05, 0.1) is 11.6 Å². The molecule has 2 aliphatic rings. The molecule has 3 rings (SSSR count). The van der Waals surface area contributed by atoms with E-state index in [9.17, 15) is 4.79 Å². The lowest BCUT2D eigenvalue weighted by Crippen LogP contribution is -2.46. The number of carbonyl (C=O) groups excluding carboxylic acids is 1. The number of hydrogen-bond donors (Lipinski definition) is 1. The van der Waals surface area contributed by atoms with Gasteiger partial charge in [-0.1, -0.05) is 0 Å². The van der Waals surface area contributed by atoms with Gasteiger partial charge in [-0.2, -0.15) is 0 Å². The summed E-state index contributed by atoms with van der Waals surface area (Å²) >= 11 is 1.64. The monoisotopic (exact) mass is 322 g/mol. The molecule has 2 atom stereocenters. The normalized spacial score (nSPS) is 25.5. The molecule has 0 aromatic carbocycles. The first kappa shape index (κ1) is 15.7. The van der Waals surface area contributed by atoms with Crippen LogP contribution in [0.2, 0.25) is 0 Å². The molecular formula is C16H26N4OS. The molecule has 0 radical (unpaired) electrons. The maximum absolute atomic E-state index is 12.5. The predicted octanol–water partition coefficient (Wildman–Crippen LogP) is 2.61. The Morgan fingerprint density at radius 1 is 1.41 bits per heavy atom. The van der Waals surface area contributed by atoms with E-state index < -0.39 is 0 Å². The number of urea groups is 1. The molecule has 2 aliphatic heterocycles. The third kappa shape index (κ3) is 3.27. The highest BCUT2D eigenvalue weighted by Crippen LogP contribution is 2.31. The first-order chi connectivity index (χ1) is 10.5. The highest BCUT2D eigenvalue weighted by atomic mass is 32.1. The van der Waals surface area contributed by atoms with Gasteiger partial charge in [0.15, 0.2) is 0 Å². The molecule has 3 heterocycles. The number of nitrogens with one attached hydrogen (secondary N) is 1. The molecule has 2 saturated heterocycles. The molecular weight excluding hydrogens is 296 g/mol. The van der Waals surface area contributed by atoms with Gasteiger partial charge < -0.3 is 10.2 Å². The van der Waals surface area contributed by atoms with Crippen LogP contribution in [0.25, 0.3) is 0 Å². The number of amides is 2. The van der Waals surface area contributed by atoms with Crippen molar-refractivity contribution in [2.45, 2.75) is 64.7 Å². The van der Waals surface area contributed by atoms with Crippen molar-refractivity contribution in [2.75, 3.05) is 13.1 Å². The minimum atomic E-state index is 0.0716. The summed E-state index contributed by atoms with van der Waals surface area (Å²) in [6.45, 7) is 8.85. The lowest BCUT2D eigenvalue weighted by molar-refractivity contribution is 0.147. The minimum absolute atomic E-state index is 0.0716. The fourth-order valence-electron chi connectivity index (χ4n) is 3.90. The summed E-state index contributed by atoms with van der Waals surface area (Å²) in [5, 5.41) is 4.10. The van der Waals surface area contributed by atoms with Crippen LogP contribution in [-0.2, 0) is 6.54 Å². The lowest BCUT2D eigenvalue weighted by Gasteiger charge is -2.32. The van der Waals surface area contributed by atoms with Crippen molar-refractivity contribution < 1.29 is 4.79 Å². The average molecular weight is 322 g/mol. The van der Waals surface area contributed by atoms with E-state index in [1.54, 1.807) is 11.3 Å². The van der Waals surface area contributed by atoms with E-state index in [1.165, 1.54) is 12.8 Å². The molecule has 1 aromatic rings. The van der Waals surface area contributed by atoms with E-state index in [0.29, 0.717) is 24.7 Å². The van der Waals surface area contributed by atoms with Crippen LogP contribution in [-0.4, -0.2) is 52.0 Å². The van der Waals surface area contributed by atoms with Crippen LogP contribution in [0, 0.1) is 6.92 Å². The van der Waals surface area contributed by atoms with Gasteiger partial charge in [-0.3, -0.25) is 4.90 Å². The van der Waals surface area contributed by atoms with Gasteiger partial charge in [0.1, 0.15) is 0 Å². The zero-order chi connectivity index (χ0) is 15.7. The number of likely N-dealkylation sites (tertiary alicyclic amines) is 1. The number of nitrogens with zero attached hydrogens (tertiary/aromatic N) is 3. The summed E-state index contributed by atoms with van der Waals surface area (Å²) < 4.78 is 0. The van der Waals surface area contributed by atoms with Gasteiger partial charge in [-0.25, -0.2) is 9.78 Å². The maximum Gasteiger partial charge on any atom is 0.317 e. The first-order valence-electron chi connectivity index (χ1n) is 8.26. The van der Waals surface area contributed by atoms with Gasteiger partial charge >= 0.3 is 6.03 Å². The Bertz CT molecular complexity index is 530. The van der Waals surface area contributed by atoms with Crippen LogP contribution < -0.4 is 5.32 Å². The van der Waals surface area contributed by atoms with E-state index in [0.717, 1.165) is 29.4 Å². The number of fused-ring (bicyclic) bond motifs is 2. The van der Waals surface area contributed by atoms with E-state index in [4.69, 9.17) is 0 Å². The van der Waals surface area contributed by atoms with Crippen LogP contribution in [0.5, 0.6) is 0 Å². The van der Waals surface area contributed by atoms with E-state index >= 15 is 0 Å². The van der Waals surface area contributed by atoms with Crippen molar-refractivity contribution in [3.8, 4) is 0 Å². The molecule has 22 heavy (non-hydrogen) atoms. The Morgan fingerprint density at radius 2 is 2.18 bits per heavy atom. The van der Waals surface area contributed by atoms with Gasteiger partial charge in [0, 0.05) is 42.3 Å². The zero-order valence-electron chi connectivity index (χ0n) is 13.7. The number of aromatic nitrogens is 1. The number of carbonyl (C=O) groups is 1. The third-order valence-corrected chi connectivity index (χ3v) is 5.72. The third-order valence-electron chi connectivity index (χ3n) is 4.81. The highest BCUT2D eigenvalue weighted by molar-refractivity contribution is 7.11. The Kier molecular flexibility index (Phi) is 4.68. The number of hydrogen-bond acceptors (Lipinski definition) is 4. The van der Waals surface area contributed by atoms with Gasteiger partial charge in [-0.15, -0.1) is 11.3 Å². The summed E-state index contributed by atoms with van der Waals surface area (Å²) in [7, 11) is 0. The predicted molar refractivity (Wildman–Crippen MR) is 89.1 cm³/mol. The quantitative estimate of drug-likeness (QED) is 0.930. The van der Waals surface area contributed by atoms with Crippen LogP contribution >= 0.6 is 11.3 Å². The molecule has 1 N–H and O–H groups in total. The van der Waals surface area contributed by atoms with E-state index in [2.05, 4.69) is 29.0 Å². The SMILES string of the molecule is Cc1ncc(CNC(=O)N2CC[C@H]3CC[C@@H](C2)N3C(C)C)s1. The number of thiazole rings is 1. The van der Waals surface area contributed by atoms with Gasteiger partial charge in [0.25, 0.3) is 0 Å². The molecule has 0 aliphatic carbocycles. The molecule has 2 amide bonds. The van der Waals surface area contributed by atoms with Crippen molar-refractivity contribution in [1.82, 2.24) is 20.1 Å². The Balaban J connectivity index is 1.57. The average Bonchev–Trinajstić information content (AvgIpc) is 2.99. The second-order valence-corrected chi connectivity index (χ2v) is 7.98. The van der Waals surface area contributed by atoms with Crippen LogP contribution in [0.1, 0.15) is 43.0 Å². The van der Waals surface area contributed by atoms with E-state index in [-0.39, 0.29) is 6.03 Å². The zero-order valence-corrected chi connectivity index (χ0v) is 14.5. The van der Waals surface area contributed by atoms with Crippen molar-refractivity contribution in [2.24, 2.45) is 0 Å². The summed E-state index contributed by atoms with van der Waals surface area (Å²) in [5.74, 6) is 0. The largest absolute Gasteiger partial charge is 0.333 e. The molecule has 0 unspecified atom stereocenters. The fraction of sp³-hybridized carbons (Fsp3) is 0.750. The van der Waals surface area contributed by atoms with Crippen molar-refractivity contribution in [3.05, 3.63) is 16.1 Å². The lowest BCUT2D eigenvalue weighted by atomic mass is 10.1. The first-order valence-corrected chi connectivity index (χ1v) is 9.07. The molecule has 1 aromatic heterocycles. The van der Waals surface area contributed by atoms with Gasteiger partial charge in [0.2, 0.25) is 0 Å².